The number of halogens is 1. The summed E-state index contributed by atoms with van der Waals surface area (Å²) in [5.74, 6) is -0.833. The lowest BCUT2D eigenvalue weighted by Crippen LogP contribution is -2.53. The Morgan fingerprint density at radius 1 is 0.929 bits per heavy atom. The van der Waals surface area contributed by atoms with E-state index in [-0.39, 0.29) is 23.0 Å². The first-order valence-corrected chi connectivity index (χ1v) is 15.8. The van der Waals surface area contributed by atoms with Crippen molar-refractivity contribution in [3.8, 4) is 5.75 Å². The maximum absolute atomic E-state index is 14.0. The predicted octanol–water partition coefficient (Wildman–Crippen LogP) is 5.19. The van der Waals surface area contributed by atoms with Gasteiger partial charge in [0, 0.05) is 13.1 Å². The molecule has 42 heavy (non-hydrogen) atoms. The number of benzene rings is 3. The monoisotopic (exact) mass is 597 g/mol. The van der Waals surface area contributed by atoms with Gasteiger partial charge in [-0.25, -0.2) is 12.8 Å². The zero-order valence-electron chi connectivity index (χ0n) is 24.5. The summed E-state index contributed by atoms with van der Waals surface area (Å²) in [5.41, 5.74) is 1.22. The maximum atomic E-state index is 14.0. The molecule has 1 atom stereocenters. The average molecular weight is 598 g/mol. The molecule has 1 N–H and O–H groups in total. The summed E-state index contributed by atoms with van der Waals surface area (Å²) in [6.45, 7) is 6.28. The van der Waals surface area contributed by atoms with E-state index in [1.165, 1.54) is 17.0 Å². The Kier molecular flexibility index (Phi) is 12.3. The Morgan fingerprint density at radius 2 is 1.60 bits per heavy atom. The van der Waals surface area contributed by atoms with E-state index < -0.39 is 34.3 Å². The molecule has 0 unspecified atom stereocenters. The molecule has 0 saturated carbocycles. The second kappa shape index (κ2) is 15.9. The Bertz CT molecular complexity index is 1380. The van der Waals surface area contributed by atoms with Gasteiger partial charge in [-0.1, -0.05) is 50.6 Å². The van der Waals surface area contributed by atoms with Crippen LogP contribution in [0.25, 0.3) is 0 Å². The van der Waals surface area contributed by atoms with Crippen LogP contribution in [0.3, 0.4) is 0 Å². The molecule has 3 aromatic rings. The van der Waals surface area contributed by atoms with Crippen molar-refractivity contribution in [2.45, 2.75) is 57.4 Å². The fourth-order valence-corrected chi connectivity index (χ4v) is 5.95. The average Bonchev–Trinajstić information content (AvgIpc) is 2.99. The first kappa shape index (κ1) is 32.6. The Labute approximate surface area is 248 Å². The number of sulfonamides is 1. The predicted molar refractivity (Wildman–Crippen MR) is 162 cm³/mol. The lowest BCUT2D eigenvalue weighted by Gasteiger charge is -2.33. The standard InChI is InChI=1S/C32H40FN3O5S/c1-4-7-22-34-32(38)30(5-2)35(23-21-25-11-9-8-10-12-25)31(37)24-36(27-15-17-28(18-16-27)41-6-3)42(39,40)29-19-13-26(33)14-20-29/h8-20,30H,4-7,21-24H2,1-3H3,(H,34,38)/t30-/m1/s1. The molecular weight excluding hydrogens is 557 g/mol. The molecule has 3 rings (SSSR count). The molecule has 2 amide bonds. The minimum Gasteiger partial charge on any atom is -0.494 e. The summed E-state index contributed by atoms with van der Waals surface area (Å²) in [6, 6.07) is 19.6. The molecule has 0 saturated heterocycles. The molecule has 8 nitrogen and oxygen atoms in total. The number of nitrogens with one attached hydrogen (secondary N) is 1. The van der Waals surface area contributed by atoms with Crippen molar-refractivity contribution in [3.63, 3.8) is 0 Å². The van der Waals surface area contributed by atoms with Gasteiger partial charge in [0.15, 0.2) is 0 Å². The highest BCUT2D eigenvalue weighted by molar-refractivity contribution is 7.92. The smallest absolute Gasteiger partial charge is 0.264 e. The summed E-state index contributed by atoms with van der Waals surface area (Å²) in [4.78, 5) is 28.6. The van der Waals surface area contributed by atoms with Crippen LogP contribution in [0.2, 0.25) is 0 Å². The third kappa shape index (κ3) is 8.79. The van der Waals surface area contributed by atoms with Gasteiger partial charge in [0.25, 0.3) is 10.0 Å². The number of unbranched alkanes of at least 4 members (excludes halogenated alkanes) is 1. The number of anilines is 1. The number of carbonyl (C=O) groups excluding carboxylic acids is 2. The molecule has 0 fully saturated rings. The van der Waals surface area contributed by atoms with Crippen molar-refractivity contribution in [2.75, 3.05) is 30.5 Å². The summed E-state index contributed by atoms with van der Waals surface area (Å²) < 4.78 is 47.9. The molecule has 0 heterocycles. The van der Waals surface area contributed by atoms with Gasteiger partial charge in [0.05, 0.1) is 17.2 Å². The van der Waals surface area contributed by atoms with Gasteiger partial charge in [-0.2, -0.15) is 0 Å². The molecule has 3 aromatic carbocycles. The van der Waals surface area contributed by atoms with Crippen molar-refractivity contribution < 1.29 is 27.1 Å². The van der Waals surface area contributed by atoms with Crippen molar-refractivity contribution in [3.05, 3.63) is 90.2 Å². The second-order valence-corrected chi connectivity index (χ2v) is 11.6. The molecule has 0 aliphatic rings. The van der Waals surface area contributed by atoms with E-state index in [1.807, 2.05) is 51.1 Å². The van der Waals surface area contributed by atoms with Crippen LogP contribution in [0.4, 0.5) is 10.1 Å². The zero-order chi connectivity index (χ0) is 30.5. The summed E-state index contributed by atoms with van der Waals surface area (Å²) in [7, 11) is -4.28. The van der Waals surface area contributed by atoms with Crippen LogP contribution >= 0.6 is 0 Å². The fourth-order valence-electron chi connectivity index (χ4n) is 4.54. The third-order valence-corrected chi connectivity index (χ3v) is 8.60. The SMILES string of the molecule is CCCCNC(=O)[C@@H](CC)N(CCc1ccccc1)C(=O)CN(c1ccc(OCC)cc1)S(=O)(=O)c1ccc(F)cc1. The maximum Gasteiger partial charge on any atom is 0.264 e. The minimum absolute atomic E-state index is 0.161. The number of hydrogen-bond acceptors (Lipinski definition) is 5. The first-order chi connectivity index (χ1) is 20.2. The van der Waals surface area contributed by atoms with Crippen LogP contribution in [-0.4, -0.2) is 57.4 Å². The van der Waals surface area contributed by atoms with E-state index in [2.05, 4.69) is 5.32 Å². The highest BCUT2D eigenvalue weighted by Crippen LogP contribution is 2.27. The van der Waals surface area contributed by atoms with Gasteiger partial charge in [0.1, 0.15) is 24.2 Å². The van der Waals surface area contributed by atoms with Crippen molar-refractivity contribution in [2.24, 2.45) is 0 Å². The van der Waals surface area contributed by atoms with Crippen LogP contribution in [0.1, 0.15) is 45.6 Å². The van der Waals surface area contributed by atoms with Crippen LogP contribution in [0.5, 0.6) is 5.75 Å². The van der Waals surface area contributed by atoms with E-state index in [1.54, 1.807) is 24.3 Å². The fraction of sp³-hybridized carbons (Fsp3) is 0.375. The normalized spacial score (nSPS) is 11.9. The van der Waals surface area contributed by atoms with Gasteiger partial charge in [-0.15, -0.1) is 0 Å². The van der Waals surface area contributed by atoms with E-state index in [0.717, 1.165) is 34.8 Å². The molecule has 0 bridgehead atoms. The minimum atomic E-state index is -4.28. The van der Waals surface area contributed by atoms with Gasteiger partial charge in [-0.05, 0) is 80.3 Å². The van der Waals surface area contributed by atoms with Gasteiger partial charge >= 0.3 is 0 Å². The van der Waals surface area contributed by atoms with E-state index >= 15 is 0 Å². The van der Waals surface area contributed by atoms with Crippen LogP contribution in [-0.2, 0) is 26.0 Å². The topological polar surface area (TPSA) is 96.0 Å². The number of rotatable bonds is 16. The largest absolute Gasteiger partial charge is 0.494 e. The summed E-state index contributed by atoms with van der Waals surface area (Å²) in [6.07, 6.45) is 2.55. The van der Waals surface area contributed by atoms with E-state index in [0.29, 0.717) is 31.7 Å². The lowest BCUT2D eigenvalue weighted by atomic mass is 10.1. The van der Waals surface area contributed by atoms with Crippen LogP contribution < -0.4 is 14.4 Å². The number of carbonyl (C=O) groups is 2. The van der Waals surface area contributed by atoms with Crippen molar-refractivity contribution in [1.82, 2.24) is 10.2 Å². The zero-order valence-corrected chi connectivity index (χ0v) is 25.3. The molecule has 0 radical (unpaired) electrons. The molecule has 10 heteroatoms. The quantitative estimate of drug-likeness (QED) is 0.230. The Morgan fingerprint density at radius 3 is 2.19 bits per heavy atom. The highest BCUT2D eigenvalue weighted by atomic mass is 32.2. The molecule has 0 aliphatic heterocycles. The van der Waals surface area contributed by atoms with Crippen LogP contribution in [0.15, 0.2) is 83.8 Å². The highest BCUT2D eigenvalue weighted by Gasteiger charge is 2.33. The lowest BCUT2D eigenvalue weighted by molar-refractivity contribution is -0.139. The number of hydrogen-bond donors (Lipinski definition) is 1. The van der Waals surface area contributed by atoms with Crippen LogP contribution in [0, 0.1) is 5.82 Å². The second-order valence-electron chi connectivity index (χ2n) is 9.78. The van der Waals surface area contributed by atoms with Gasteiger partial charge in [-0.3, -0.25) is 13.9 Å². The van der Waals surface area contributed by atoms with Crippen molar-refractivity contribution in [1.29, 1.82) is 0 Å². The molecular formula is C32H40FN3O5S. The van der Waals surface area contributed by atoms with Gasteiger partial charge < -0.3 is 15.0 Å². The Hall–Kier alpha value is -3.92. The van der Waals surface area contributed by atoms with Crippen molar-refractivity contribution >= 4 is 27.5 Å². The van der Waals surface area contributed by atoms with Gasteiger partial charge in [0.2, 0.25) is 11.8 Å². The van der Waals surface area contributed by atoms with E-state index in [9.17, 15) is 22.4 Å². The summed E-state index contributed by atoms with van der Waals surface area (Å²) in [5, 5.41) is 2.92. The molecule has 0 spiro atoms. The molecule has 0 aromatic heterocycles. The summed E-state index contributed by atoms with van der Waals surface area (Å²) >= 11 is 0. The third-order valence-electron chi connectivity index (χ3n) is 6.82. The van der Waals surface area contributed by atoms with E-state index in [4.69, 9.17) is 4.74 Å². The first-order valence-electron chi connectivity index (χ1n) is 14.3. The Balaban J connectivity index is 1.99. The number of amides is 2. The molecule has 226 valence electrons. The number of nitrogens with zero attached hydrogens (tertiary/aromatic N) is 2. The number of ether oxygens (including phenoxy) is 1. The molecule has 0 aliphatic carbocycles.